The second-order valence-electron chi connectivity index (χ2n) is 6.96. The number of methoxy groups -OCH3 is 1. The Morgan fingerprint density at radius 2 is 1.89 bits per heavy atom. The molecule has 2 amide bonds. The average molecular weight is 380 g/mol. The molecule has 7 heteroatoms. The summed E-state index contributed by atoms with van der Waals surface area (Å²) in [5.74, 6) is 0.845. The highest BCUT2D eigenvalue weighted by Crippen LogP contribution is 2.21. The van der Waals surface area contributed by atoms with Crippen LogP contribution in [0.15, 0.2) is 47.0 Å². The van der Waals surface area contributed by atoms with Crippen molar-refractivity contribution >= 4 is 22.7 Å². The van der Waals surface area contributed by atoms with Gasteiger partial charge < -0.3 is 24.4 Å². The lowest BCUT2D eigenvalue weighted by molar-refractivity contribution is 0.193. The number of aryl methyl sites for hydroxylation is 1. The van der Waals surface area contributed by atoms with Crippen molar-refractivity contribution < 1.29 is 14.1 Å². The number of nitrogens with one attached hydrogen (secondary N) is 1. The number of rotatable bonds is 4. The van der Waals surface area contributed by atoms with E-state index in [2.05, 4.69) is 15.4 Å². The van der Waals surface area contributed by atoms with Crippen LogP contribution in [0.4, 0.5) is 10.5 Å². The summed E-state index contributed by atoms with van der Waals surface area (Å²) >= 11 is 0. The van der Waals surface area contributed by atoms with Gasteiger partial charge in [-0.15, -0.1) is 0 Å². The molecule has 28 heavy (non-hydrogen) atoms. The molecule has 4 rings (SSSR count). The first-order chi connectivity index (χ1) is 13.6. The third-order valence-electron chi connectivity index (χ3n) is 5.11. The Hall–Kier alpha value is -3.22. The first-order valence-electron chi connectivity index (χ1n) is 9.41. The maximum atomic E-state index is 12.5. The number of piperazine rings is 1. The quantitative estimate of drug-likeness (QED) is 0.753. The van der Waals surface area contributed by atoms with E-state index in [9.17, 15) is 4.79 Å². The van der Waals surface area contributed by atoms with Crippen LogP contribution in [0.25, 0.3) is 11.0 Å². The minimum absolute atomic E-state index is 0.0711. The van der Waals surface area contributed by atoms with E-state index in [4.69, 9.17) is 9.26 Å². The van der Waals surface area contributed by atoms with Crippen molar-refractivity contribution in [2.24, 2.45) is 0 Å². The number of fused-ring (bicyclic) bond motifs is 1. The summed E-state index contributed by atoms with van der Waals surface area (Å²) in [6.45, 7) is 5.33. The van der Waals surface area contributed by atoms with E-state index in [0.29, 0.717) is 19.6 Å². The SMILES string of the molecule is COc1ccc(N2CCN(C(=O)NCc3noc4ccc(C)cc34)CC2)cc1. The molecule has 0 saturated carbocycles. The molecule has 146 valence electrons. The van der Waals surface area contributed by atoms with Crippen molar-refractivity contribution in [1.29, 1.82) is 0 Å². The van der Waals surface area contributed by atoms with Gasteiger partial charge in [0.2, 0.25) is 0 Å². The number of hydrogen-bond acceptors (Lipinski definition) is 5. The molecule has 2 heterocycles. The van der Waals surface area contributed by atoms with E-state index in [-0.39, 0.29) is 6.03 Å². The van der Waals surface area contributed by atoms with E-state index >= 15 is 0 Å². The van der Waals surface area contributed by atoms with Gasteiger partial charge in [-0.3, -0.25) is 0 Å². The third-order valence-corrected chi connectivity index (χ3v) is 5.11. The number of amides is 2. The number of anilines is 1. The molecular formula is C21H24N4O3. The molecule has 1 aliphatic heterocycles. The lowest BCUT2D eigenvalue weighted by Gasteiger charge is -2.36. The zero-order valence-corrected chi connectivity index (χ0v) is 16.1. The van der Waals surface area contributed by atoms with Gasteiger partial charge in [0.25, 0.3) is 0 Å². The summed E-state index contributed by atoms with van der Waals surface area (Å²) in [7, 11) is 1.66. The molecule has 0 bridgehead atoms. The Bertz CT molecular complexity index is 959. The standard InChI is InChI=1S/C21H24N4O3/c1-15-3-8-20-18(13-15)19(23-28-20)14-22-21(26)25-11-9-24(10-12-25)16-4-6-17(27-2)7-5-16/h3-8,13H,9-12,14H2,1-2H3,(H,22,26). The number of ether oxygens (including phenoxy) is 1. The predicted molar refractivity (Wildman–Crippen MR) is 108 cm³/mol. The van der Waals surface area contributed by atoms with Crippen molar-refractivity contribution in [3.05, 3.63) is 53.7 Å². The molecule has 2 aromatic carbocycles. The lowest BCUT2D eigenvalue weighted by Crippen LogP contribution is -2.51. The Morgan fingerprint density at radius 3 is 2.61 bits per heavy atom. The van der Waals surface area contributed by atoms with Crippen LogP contribution in [0.5, 0.6) is 5.75 Å². The molecule has 1 aromatic heterocycles. The molecule has 0 spiro atoms. The maximum Gasteiger partial charge on any atom is 0.317 e. The van der Waals surface area contributed by atoms with Crippen molar-refractivity contribution in [3.8, 4) is 5.75 Å². The van der Waals surface area contributed by atoms with Crippen molar-refractivity contribution in [2.75, 3.05) is 38.2 Å². The Kier molecular flexibility index (Phi) is 5.06. The fourth-order valence-corrected chi connectivity index (χ4v) is 3.46. The summed E-state index contributed by atoms with van der Waals surface area (Å²) in [6.07, 6.45) is 0. The number of carbonyl (C=O) groups is 1. The van der Waals surface area contributed by atoms with Crippen molar-refractivity contribution in [3.63, 3.8) is 0 Å². The fraction of sp³-hybridized carbons (Fsp3) is 0.333. The summed E-state index contributed by atoms with van der Waals surface area (Å²) in [5, 5.41) is 8.01. The van der Waals surface area contributed by atoms with E-state index in [0.717, 1.165) is 46.8 Å². The van der Waals surface area contributed by atoms with Gasteiger partial charge in [0.15, 0.2) is 5.58 Å². The van der Waals surface area contributed by atoms with Crippen molar-refractivity contribution in [1.82, 2.24) is 15.4 Å². The zero-order chi connectivity index (χ0) is 19.5. The van der Waals surface area contributed by atoms with Gasteiger partial charge in [-0.05, 0) is 43.3 Å². The van der Waals surface area contributed by atoms with E-state index < -0.39 is 0 Å². The van der Waals surface area contributed by atoms with Crippen molar-refractivity contribution in [2.45, 2.75) is 13.5 Å². The summed E-state index contributed by atoms with van der Waals surface area (Å²) in [6, 6.07) is 13.9. The largest absolute Gasteiger partial charge is 0.497 e. The number of nitrogens with zero attached hydrogens (tertiary/aromatic N) is 3. The van der Waals surface area contributed by atoms with E-state index in [1.165, 1.54) is 0 Å². The topological polar surface area (TPSA) is 70.8 Å². The fourth-order valence-electron chi connectivity index (χ4n) is 3.46. The summed E-state index contributed by atoms with van der Waals surface area (Å²) < 4.78 is 10.5. The zero-order valence-electron chi connectivity index (χ0n) is 16.1. The molecule has 1 fully saturated rings. The summed E-state index contributed by atoms with van der Waals surface area (Å²) in [5.41, 5.74) is 3.77. The lowest BCUT2D eigenvalue weighted by atomic mass is 10.1. The van der Waals surface area contributed by atoms with Crippen LogP contribution < -0.4 is 15.0 Å². The van der Waals surface area contributed by atoms with Crippen LogP contribution in [0, 0.1) is 6.92 Å². The number of carbonyl (C=O) groups excluding carboxylic acids is 1. The Balaban J connectivity index is 1.31. The van der Waals surface area contributed by atoms with Gasteiger partial charge in [-0.2, -0.15) is 0 Å². The second-order valence-corrected chi connectivity index (χ2v) is 6.96. The number of urea groups is 1. The first-order valence-corrected chi connectivity index (χ1v) is 9.41. The highest BCUT2D eigenvalue weighted by molar-refractivity contribution is 5.81. The molecule has 1 N–H and O–H groups in total. The molecule has 0 atom stereocenters. The average Bonchev–Trinajstić information content (AvgIpc) is 3.14. The smallest absolute Gasteiger partial charge is 0.317 e. The molecule has 0 radical (unpaired) electrons. The van der Waals surface area contributed by atoms with Gasteiger partial charge in [-0.25, -0.2) is 4.79 Å². The molecule has 1 aliphatic rings. The first kappa shape index (κ1) is 18.2. The normalized spacial score (nSPS) is 14.4. The molecule has 0 unspecified atom stereocenters. The van der Waals surface area contributed by atoms with Gasteiger partial charge >= 0.3 is 6.03 Å². The van der Waals surface area contributed by atoms with Gasteiger partial charge in [0.05, 0.1) is 13.7 Å². The van der Waals surface area contributed by atoms with Crippen LogP contribution in [0.2, 0.25) is 0 Å². The molecule has 1 saturated heterocycles. The number of benzene rings is 2. The minimum atomic E-state index is -0.0711. The monoisotopic (exact) mass is 380 g/mol. The Labute approximate surface area is 163 Å². The van der Waals surface area contributed by atoms with E-state index in [1.54, 1.807) is 7.11 Å². The summed E-state index contributed by atoms with van der Waals surface area (Å²) in [4.78, 5) is 16.7. The van der Waals surface area contributed by atoms with Crippen LogP contribution in [0.3, 0.4) is 0 Å². The number of hydrogen-bond donors (Lipinski definition) is 1. The van der Waals surface area contributed by atoms with Crippen LogP contribution in [-0.4, -0.2) is 49.4 Å². The van der Waals surface area contributed by atoms with Crippen LogP contribution in [0.1, 0.15) is 11.3 Å². The van der Waals surface area contributed by atoms with Crippen LogP contribution >= 0.6 is 0 Å². The molecule has 0 aliphatic carbocycles. The molecular weight excluding hydrogens is 356 g/mol. The minimum Gasteiger partial charge on any atom is -0.497 e. The highest BCUT2D eigenvalue weighted by atomic mass is 16.5. The molecule has 3 aromatic rings. The number of aromatic nitrogens is 1. The highest BCUT2D eigenvalue weighted by Gasteiger charge is 2.21. The Morgan fingerprint density at radius 1 is 1.14 bits per heavy atom. The maximum absolute atomic E-state index is 12.5. The van der Waals surface area contributed by atoms with Gasteiger partial charge in [0, 0.05) is 37.3 Å². The van der Waals surface area contributed by atoms with Gasteiger partial charge in [0.1, 0.15) is 11.4 Å². The second kappa shape index (κ2) is 7.80. The third kappa shape index (κ3) is 3.74. The molecule has 7 nitrogen and oxygen atoms in total. The predicted octanol–water partition coefficient (Wildman–Crippen LogP) is 3.18. The van der Waals surface area contributed by atoms with Crippen LogP contribution in [-0.2, 0) is 6.54 Å². The van der Waals surface area contributed by atoms with Gasteiger partial charge in [-0.1, -0.05) is 16.8 Å². The van der Waals surface area contributed by atoms with E-state index in [1.807, 2.05) is 54.3 Å².